The van der Waals surface area contributed by atoms with Crippen LogP contribution in [-0.2, 0) is 0 Å². The molecular weight excluding hydrogens is 308 g/mol. The fourth-order valence-corrected chi connectivity index (χ4v) is 4.22. The predicted octanol–water partition coefficient (Wildman–Crippen LogP) is 3.19. The molecular formula is C17H24N4OS. The number of urea groups is 1. The van der Waals surface area contributed by atoms with Crippen molar-refractivity contribution in [1.29, 1.82) is 0 Å². The Hall–Kier alpha value is -1.82. The van der Waals surface area contributed by atoms with Gasteiger partial charge < -0.3 is 14.7 Å². The summed E-state index contributed by atoms with van der Waals surface area (Å²) < 4.78 is 1.25. The first-order valence-corrected chi connectivity index (χ1v) is 8.84. The Bertz CT molecular complexity index is 704. The largest absolute Gasteiger partial charge is 0.348 e. The number of thiazole rings is 1. The minimum atomic E-state index is 0.0825. The van der Waals surface area contributed by atoms with E-state index in [1.54, 1.807) is 30.3 Å². The lowest BCUT2D eigenvalue weighted by atomic mass is 10.0. The molecule has 2 amide bonds. The standard InChI is InChI=1S/C17H24N4OS/c1-12-6-5-7-14-15(12)18-16(23-14)21-10-8-13(9-11-21)20(4)17(22)19(2)3/h5-7,13H,8-11H2,1-4H3. The van der Waals surface area contributed by atoms with Gasteiger partial charge in [0, 0.05) is 40.3 Å². The molecule has 0 atom stereocenters. The summed E-state index contributed by atoms with van der Waals surface area (Å²) >= 11 is 1.76. The van der Waals surface area contributed by atoms with Gasteiger partial charge in [0.2, 0.25) is 0 Å². The van der Waals surface area contributed by atoms with Crippen LogP contribution >= 0.6 is 11.3 Å². The Labute approximate surface area is 141 Å². The lowest BCUT2D eigenvalue weighted by Gasteiger charge is -2.37. The molecule has 1 aromatic carbocycles. The third-order valence-corrected chi connectivity index (χ3v) is 5.66. The number of amides is 2. The average Bonchev–Trinajstić information content (AvgIpc) is 2.99. The van der Waals surface area contributed by atoms with Crippen LogP contribution in [-0.4, -0.2) is 61.1 Å². The normalized spacial score (nSPS) is 15.9. The molecule has 3 rings (SSSR count). The maximum absolute atomic E-state index is 12.1. The van der Waals surface area contributed by atoms with E-state index in [0.717, 1.165) is 36.6 Å². The van der Waals surface area contributed by atoms with E-state index in [9.17, 15) is 4.79 Å². The van der Waals surface area contributed by atoms with Gasteiger partial charge in [-0.3, -0.25) is 0 Å². The summed E-state index contributed by atoms with van der Waals surface area (Å²) in [6, 6.07) is 6.74. The maximum atomic E-state index is 12.1. The van der Waals surface area contributed by atoms with Crippen molar-refractivity contribution in [2.75, 3.05) is 39.1 Å². The molecule has 23 heavy (non-hydrogen) atoms. The number of hydrogen-bond donors (Lipinski definition) is 0. The van der Waals surface area contributed by atoms with Gasteiger partial charge in [-0.15, -0.1) is 0 Å². The van der Waals surface area contributed by atoms with Gasteiger partial charge in [0.1, 0.15) is 0 Å². The fraction of sp³-hybridized carbons (Fsp3) is 0.529. The van der Waals surface area contributed by atoms with Crippen molar-refractivity contribution < 1.29 is 4.79 Å². The number of rotatable bonds is 2. The summed E-state index contributed by atoms with van der Waals surface area (Å²) in [6.07, 6.45) is 1.98. The molecule has 1 aromatic heterocycles. The van der Waals surface area contributed by atoms with Gasteiger partial charge in [0.15, 0.2) is 5.13 Å². The second kappa shape index (κ2) is 6.35. The quantitative estimate of drug-likeness (QED) is 0.848. The van der Waals surface area contributed by atoms with Crippen LogP contribution in [0.3, 0.4) is 0 Å². The van der Waals surface area contributed by atoms with Crippen LogP contribution in [0.15, 0.2) is 18.2 Å². The summed E-state index contributed by atoms with van der Waals surface area (Å²) in [7, 11) is 5.51. The van der Waals surface area contributed by atoms with Crippen molar-refractivity contribution in [3.05, 3.63) is 23.8 Å². The van der Waals surface area contributed by atoms with E-state index < -0.39 is 0 Å². The third kappa shape index (κ3) is 3.13. The number of carbonyl (C=O) groups excluding carboxylic acids is 1. The zero-order valence-corrected chi connectivity index (χ0v) is 15.1. The average molecular weight is 332 g/mol. The minimum absolute atomic E-state index is 0.0825. The molecule has 0 saturated carbocycles. The van der Waals surface area contributed by atoms with Gasteiger partial charge in [0.05, 0.1) is 10.2 Å². The second-order valence-corrected chi connectivity index (χ2v) is 7.43. The topological polar surface area (TPSA) is 39.7 Å². The highest BCUT2D eigenvalue weighted by atomic mass is 32.1. The minimum Gasteiger partial charge on any atom is -0.348 e. The summed E-state index contributed by atoms with van der Waals surface area (Å²) in [5.74, 6) is 0. The maximum Gasteiger partial charge on any atom is 0.319 e. The molecule has 0 unspecified atom stereocenters. The van der Waals surface area contributed by atoms with Crippen molar-refractivity contribution in [2.24, 2.45) is 0 Å². The Balaban J connectivity index is 1.68. The van der Waals surface area contributed by atoms with Crippen LogP contribution in [0.4, 0.5) is 9.93 Å². The van der Waals surface area contributed by atoms with Crippen molar-refractivity contribution >= 4 is 32.7 Å². The molecule has 5 nitrogen and oxygen atoms in total. The molecule has 0 spiro atoms. The Kier molecular flexibility index (Phi) is 4.43. The Morgan fingerprint density at radius 3 is 2.57 bits per heavy atom. The number of aromatic nitrogens is 1. The third-order valence-electron chi connectivity index (χ3n) is 4.58. The number of aryl methyl sites for hydroxylation is 1. The first-order valence-electron chi connectivity index (χ1n) is 8.02. The van der Waals surface area contributed by atoms with Gasteiger partial charge >= 0.3 is 6.03 Å². The molecule has 1 aliphatic rings. The summed E-state index contributed by atoms with van der Waals surface area (Å²) in [5, 5.41) is 1.11. The van der Waals surface area contributed by atoms with Gasteiger partial charge in [-0.25, -0.2) is 9.78 Å². The highest BCUT2D eigenvalue weighted by Gasteiger charge is 2.27. The molecule has 1 aliphatic heterocycles. The van der Waals surface area contributed by atoms with Crippen molar-refractivity contribution in [3.8, 4) is 0 Å². The van der Waals surface area contributed by atoms with E-state index >= 15 is 0 Å². The van der Waals surface area contributed by atoms with Crippen molar-refractivity contribution in [2.45, 2.75) is 25.8 Å². The summed E-state index contributed by atoms with van der Waals surface area (Å²) in [4.78, 5) is 22.8. The fourth-order valence-electron chi connectivity index (χ4n) is 3.13. The van der Waals surface area contributed by atoms with Gasteiger partial charge in [-0.2, -0.15) is 0 Å². The molecule has 6 heteroatoms. The van der Waals surface area contributed by atoms with Crippen LogP contribution in [0.25, 0.3) is 10.2 Å². The number of benzene rings is 1. The van der Waals surface area contributed by atoms with Crippen LogP contribution < -0.4 is 4.90 Å². The second-order valence-electron chi connectivity index (χ2n) is 6.42. The molecule has 0 bridgehead atoms. The van der Waals surface area contributed by atoms with Crippen molar-refractivity contribution in [1.82, 2.24) is 14.8 Å². The van der Waals surface area contributed by atoms with E-state index in [1.807, 2.05) is 11.9 Å². The highest BCUT2D eigenvalue weighted by Crippen LogP contribution is 2.32. The van der Waals surface area contributed by atoms with Gasteiger partial charge in [0.25, 0.3) is 0 Å². The molecule has 124 valence electrons. The van der Waals surface area contributed by atoms with Crippen LogP contribution in [0.2, 0.25) is 0 Å². The molecule has 2 heterocycles. The number of carbonyl (C=O) groups is 1. The Morgan fingerprint density at radius 1 is 1.26 bits per heavy atom. The smallest absolute Gasteiger partial charge is 0.319 e. The van der Waals surface area contributed by atoms with E-state index in [0.29, 0.717) is 6.04 Å². The Morgan fingerprint density at radius 2 is 1.96 bits per heavy atom. The van der Waals surface area contributed by atoms with E-state index in [2.05, 4.69) is 30.0 Å². The van der Waals surface area contributed by atoms with E-state index in [1.165, 1.54) is 10.3 Å². The number of piperidine rings is 1. The van der Waals surface area contributed by atoms with Gasteiger partial charge in [-0.1, -0.05) is 23.5 Å². The zero-order chi connectivity index (χ0) is 16.6. The molecule has 2 aromatic rings. The first-order chi connectivity index (χ1) is 11.0. The number of nitrogens with zero attached hydrogens (tertiary/aromatic N) is 4. The van der Waals surface area contributed by atoms with Crippen LogP contribution in [0.5, 0.6) is 0 Å². The van der Waals surface area contributed by atoms with Gasteiger partial charge in [-0.05, 0) is 31.4 Å². The molecule has 1 fully saturated rings. The first kappa shape index (κ1) is 16.1. The molecule has 0 N–H and O–H groups in total. The number of fused-ring (bicyclic) bond motifs is 1. The van der Waals surface area contributed by atoms with Crippen LogP contribution in [0, 0.1) is 6.92 Å². The lowest BCUT2D eigenvalue weighted by Crippen LogP contribution is -2.48. The summed E-state index contributed by atoms with van der Waals surface area (Å²) in [6.45, 7) is 4.02. The predicted molar refractivity (Wildman–Crippen MR) is 96.4 cm³/mol. The summed E-state index contributed by atoms with van der Waals surface area (Å²) in [5.41, 5.74) is 2.35. The molecule has 0 aliphatic carbocycles. The lowest BCUT2D eigenvalue weighted by molar-refractivity contribution is 0.155. The van der Waals surface area contributed by atoms with Crippen LogP contribution in [0.1, 0.15) is 18.4 Å². The number of hydrogen-bond acceptors (Lipinski definition) is 4. The molecule has 0 radical (unpaired) electrons. The SMILES string of the molecule is Cc1cccc2sc(N3CCC(N(C)C(=O)N(C)C)CC3)nc12. The zero-order valence-electron chi connectivity index (χ0n) is 14.2. The van der Waals surface area contributed by atoms with E-state index in [-0.39, 0.29) is 6.03 Å². The number of anilines is 1. The monoisotopic (exact) mass is 332 g/mol. The van der Waals surface area contributed by atoms with E-state index in [4.69, 9.17) is 4.98 Å². The molecule has 1 saturated heterocycles. The number of para-hydroxylation sites is 1. The highest BCUT2D eigenvalue weighted by molar-refractivity contribution is 7.22. The van der Waals surface area contributed by atoms with Crippen molar-refractivity contribution in [3.63, 3.8) is 0 Å².